The number of hydrogen-bond acceptors (Lipinski definition) is 1. The molecule has 0 aliphatic carbocycles. The van der Waals surface area contributed by atoms with Crippen LogP contribution >= 0.6 is 17.0 Å². The van der Waals surface area contributed by atoms with Gasteiger partial charge in [0.15, 0.2) is 0 Å². The number of unbranched alkanes of at least 4 members (excludes halogenated alkanes) is 9. The number of nitrogens with zero attached hydrogens (tertiary/aromatic N) is 1. The molecule has 0 saturated carbocycles. The molecule has 0 saturated heterocycles. The topological polar surface area (TPSA) is 3.24 Å². The first-order chi connectivity index (χ1) is 10.9. The summed E-state index contributed by atoms with van der Waals surface area (Å²) in [6.45, 7) is 4.57. The van der Waals surface area contributed by atoms with Gasteiger partial charge in [-0.15, -0.1) is 17.0 Å². The second-order valence-electron chi connectivity index (χ2n) is 6.59. The van der Waals surface area contributed by atoms with Crippen molar-refractivity contribution < 1.29 is 0 Å². The average molecular weight is 380 g/mol. The molecule has 0 aromatic heterocycles. The van der Waals surface area contributed by atoms with Gasteiger partial charge in [0, 0.05) is 18.8 Å². The number of anilines is 1. The zero-order valence-electron chi connectivity index (χ0n) is 14.8. The number of fused-ring (bicyclic) bond motifs is 1. The normalized spacial score (nSPS) is 12.8. The first-order valence-corrected chi connectivity index (χ1v) is 9.42. The maximum Gasteiger partial charge on any atom is 0.0442 e. The molecular formula is C21H34BrN. The number of halogens is 1. The van der Waals surface area contributed by atoms with Crippen molar-refractivity contribution in [1.82, 2.24) is 0 Å². The first kappa shape index (κ1) is 20.3. The minimum absolute atomic E-state index is 0. The fraction of sp³-hybridized carbons (Fsp3) is 0.619. The van der Waals surface area contributed by atoms with Crippen molar-refractivity contribution in [2.75, 3.05) is 18.0 Å². The van der Waals surface area contributed by atoms with E-state index in [0.29, 0.717) is 0 Å². The summed E-state index contributed by atoms with van der Waals surface area (Å²) in [5, 5.41) is 0. The molecule has 1 aromatic rings. The highest BCUT2D eigenvalue weighted by molar-refractivity contribution is 8.93. The van der Waals surface area contributed by atoms with Crippen LogP contribution in [0.3, 0.4) is 0 Å². The van der Waals surface area contributed by atoms with E-state index in [9.17, 15) is 0 Å². The summed E-state index contributed by atoms with van der Waals surface area (Å²) < 4.78 is 0. The third-order valence-corrected chi connectivity index (χ3v) is 4.68. The maximum absolute atomic E-state index is 2.53. The Balaban J connectivity index is 0.00000264. The van der Waals surface area contributed by atoms with Crippen LogP contribution in [0.25, 0.3) is 6.08 Å². The van der Waals surface area contributed by atoms with Crippen LogP contribution in [0.1, 0.15) is 76.7 Å². The molecule has 0 N–H and O–H groups in total. The number of benzene rings is 1. The third-order valence-electron chi connectivity index (χ3n) is 4.68. The zero-order chi connectivity index (χ0) is 15.5. The summed E-state index contributed by atoms with van der Waals surface area (Å²) in [6, 6.07) is 8.77. The Morgan fingerprint density at radius 3 is 2.13 bits per heavy atom. The summed E-state index contributed by atoms with van der Waals surface area (Å²) >= 11 is 0. The van der Waals surface area contributed by atoms with Crippen molar-refractivity contribution in [1.29, 1.82) is 0 Å². The quantitative estimate of drug-likeness (QED) is 0.373. The SMILES string of the molecule is Br.CCCCCCCCCCCCN1CC=Cc2ccccc21. The second-order valence-corrected chi connectivity index (χ2v) is 6.59. The predicted molar refractivity (Wildman–Crippen MR) is 110 cm³/mol. The molecule has 0 radical (unpaired) electrons. The van der Waals surface area contributed by atoms with E-state index in [2.05, 4.69) is 48.2 Å². The molecule has 0 fully saturated rings. The Kier molecular flexibility index (Phi) is 11.1. The van der Waals surface area contributed by atoms with Crippen molar-refractivity contribution in [2.24, 2.45) is 0 Å². The lowest BCUT2D eigenvalue weighted by molar-refractivity contribution is 0.555. The van der Waals surface area contributed by atoms with E-state index in [1.54, 1.807) is 0 Å². The van der Waals surface area contributed by atoms with Crippen molar-refractivity contribution in [2.45, 2.75) is 71.1 Å². The van der Waals surface area contributed by atoms with Crippen molar-refractivity contribution in [3.05, 3.63) is 35.9 Å². The Labute approximate surface area is 153 Å². The Morgan fingerprint density at radius 2 is 1.43 bits per heavy atom. The van der Waals surface area contributed by atoms with E-state index >= 15 is 0 Å². The molecule has 1 aromatic carbocycles. The molecule has 2 heteroatoms. The lowest BCUT2D eigenvalue weighted by Gasteiger charge is -2.28. The highest BCUT2D eigenvalue weighted by Crippen LogP contribution is 2.25. The van der Waals surface area contributed by atoms with Crippen molar-refractivity contribution in [3.8, 4) is 0 Å². The number of para-hydroxylation sites is 1. The molecule has 130 valence electrons. The molecule has 0 spiro atoms. The van der Waals surface area contributed by atoms with Gasteiger partial charge in [0.25, 0.3) is 0 Å². The van der Waals surface area contributed by atoms with Gasteiger partial charge in [-0.2, -0.15) is 0 Å². The highest BCUT2D eigenvalue weighted by atomic mass is 79.9. The van der Waals surface area contributed by atoms with Gasteiger partial charge in [-0.05, 0) is 18.1 Å². The van der Waals surface area contributed by atoms with Gasteiger partial charge in [0.1, 0.15) is 0 Å². The van der Waals surface area contributed by atoms with Crippen LogP contribution in [-0.4, -0.2) is 13.1 Å². The summed E-state index contributed by atoms with van der Waals surface area (Å²) in [6.07, 6.45) is 18.7. The highest BCUT2D eigenvalue weighted by Gasteiger charge is 2.11. The standard InChI is InChI=1S/C21H33N.BrH/c1-2-3-4-5-6-7-8-9-10-13-18-22-19-14-16-20-15-11-12-17-21(20)22;/h11-12,14-17H,2-10,13,18-19H2,1H3;1H. The largest absolute Gasteiger partial charge is 0.367 e. The Bertz CT molecular complexity index is 441. The molecule has 2 rings (SSSR count). The molecule has 1 aliphatic heterocycles. The van der Waals surface area contributed by atoms with Gasteiger partial charge in [-0.25, -0.2) is 0 Å². The average Bonchev–Trinajstić information content (AvgIpc) is 2.56. The first-order valence-electron chi connectivity index (χ1n) is 9.42. The maximum atomic E-state index is 2.53. The smallest absolute Gasteiger partial charge is 0.0442 e. The van der Waals surface area contributed by atoms with Gasteiger partial charge in [0.05, 0.1) is 0 Å². The van der Waals surface area contributed by atoms with Gasteiger partial charge >= 0.3 is 0 Å². The summed E-state index contributed by atoms with van der Waals surface area (Å²) in [5.74, 6) is 0. The third kappa shape index (κ3) is 7.56. The second kappa shape index (κ2) is 12.6. The summed E-state index contributed by atoms with van der Waals surface area (Å²) in [7, 11) is 0. The molecule has 1 aliphatic rings. The van der Waals surface area contributed by atoms with Crippen LogP contribution in [0.4, 0.5) is 5.69 Å². The Hall–Kier alpha value is -0.760. The lowest BCUT2D eigenvalue weighted by atomic mass is 10.1. The van der Waals surface area contributed by atoms with Crippen molar-refractivity contribution in [3.63, 3.8) is 0 Å². The van der Waals surface area contributed by atoms with Crippen LogP contribution in [0.5, 0.6) is 0 Å². The van der Waals surface area contributed by atoms with Gasteiger partial charge in [-0.1, -0.05) is 95.1 Å². The molecule has 0 bridgehead atoms. The van der Waals surface area contributed by atoms with E-state index in [1.165, 1.54) is 82.0 Å². The molecule has 1 heterocycles. The van der Waals surface area contributed by atoms with Gasteiger partial charge < -0.3 is 4.90 Å². The van der Waals surface area contributed by atoms with E-state index in [-0.39, 0.29) is 17.0 Å². The molecular weight excluding hydrogens is 346 g/mol. The van der Waals surface area contributed by atoms with Gasteiger partial charge in [0.2, 0.25) is 0 Å². The fourth-order valence-electron chi connectivity index (χ4n) is 3.32. The van der Waals surface area contributed by atoms with Crippen LogP contribution in [0, 0.1) is 0 Å². The monoisotopic (exact) mass is 379 g/mol. The molecule has 1 nitrogen and oxygen atoms in total. The summed E-state index contributed by atoms with van der Waals surface area (Å²) in [4.78, 5) is 2.53. The molecule has 0 atom stereocenters. The van der Waals surface area contributed by atoms with E-state index in [0.717, 1.165) is 6.54 Å². The number of rotatable bonds is 11. The van der Waals surface area contributed by atoms with Crippen LogP contribution in [0.15, 0.2) is 30.3 Å². The predicted octanol–water partition coefficient (Wildman–Crippen LogP) is 7.02. The van der Waals surface area contributed by atoms with E-state index in [1.807, 2.05) is 0 Å². The Morgan fingerprint density at radius 1 is 0.826 bits per heavy atom. The molecule has 0 unspecified atom stereocenters. The van der Waals surface area contributed by atoms with Crippen LogP contribution in [0.2, 0.25) is 0 Å². The van der Waals surface area contributed by atoms with Crippen LogP contribution < -0.4 is 4.90 Å². The number of hydrogen-bond donors (Lipinski definition) is 0. The molecule has 0 amide bonds. The van der Waals surface area contributed by atoms with Gasteiger partial charge in [-0.3, -0.25) is 0 Å². The van der Waals surface area contributed by atoms with E-state index < -0.39 is 0 Å². The molecule has 23 heavy (non-hydrogen) atoms. The van der Waals surface area contributed by atoms with Crippen LogP contribution in [-0.2, 0) is 0 Å². The minimum Gasteiger partial charge on any atom is -0.367 e. The van der Waals surface area contributed by atoms with E-state index in [4.69, 9.17) is 0 Å². The lowest BCUT2D eigenvalue weighted by Crippen LogP contribution is -2.26. The minimum atomic E-state index is 0. The fourth-order valence-corrected chi connectivity index (χ4v) is 3.32. The van der Waals surface area contributed by atoms with Crippen molar-refractivity contribution >= 4 is 28.7 Å². The summed E-state index contributed by atoms with van der Waals surface area (Å²) in [5.41, 5.74) is 2.79. The zero-order valence-corrected chi connectivity index (χ0v) is 16.5.